The molecule has 0 radical (unpaired) electrons. The number of carbonyl (C=O) groups excluding carboxylic acids is 4. The Morgan fingerprint density at radius 1 is 0.889 bits per heavy atom. The fourth-order valence-electron chi connectivity index (χ4n) is 4.08. The van der Waals surface area contributed by atoms with Gasteiger partial charge in [0.2, 0.25) is 5.91 Å². The van der Waals surface area contributed by atoms with Crippen LogP contribution in [-0.4, -0.2) is 67.2 Å². The van der Waals surface area contributed by atoms with E-state index in [9.17, 15) is 19.2 Å². The number of ketones is 1. The molecule has 1 aliphatic rings. The van der Waals surface area contributed by atoms with Crippen molar-refractivity contribution < 1.29 is 28.7 Å². The average Bonchev–Trinajstić information content (AvgIpc) is 3.13. The van der Waals surface area contributed by atoms with Gasteiger partial charge < -0.3 is 25.0 Å². The SMILES string of the molecule is CC(=O)CN(CCNC(=O)OCC1c2ccccc2-c2ccccc21)C(=O)CNC(=O)OC(C)(C)C. The molecule has 9 nitrogen and oxygen atoms in total. The molecule has 36 heavy (non-hydrogen) atoms. The molecule has 0 aromatic heterocycles. The van der Waals surface area contributed by atoms with Gasteiger partial charge in [-0.05, 0) is 49.9 Å². The van der Waals surface area contributed by atoms with Crippen molar-refractivity contribution in [2.45, 2.75) is 39.2 Å². The smallest absolute Gasteiger partial charge is 0.408 e. The highest BCUT2D eigenvalue weighted by Crippen LogP contribution is 2.44. The summed E-state index contributed by atoms with van der Waals surface area (Å²) in [5.74, 6) is -0.745. The molecule has 0 saturated carbocycles. The van der Waals surface area contributed by atoms with Gasteiger partial charge in [-0.1, -0.05) is 48.5 Å². The third-order valence-corrected chi connectivity index (χ3v) is 5.54. The number of benzene rings is 2. The number of nitrogens with one attached hydrogen (secondary N) is 2. The number of carbonyl (C=O) groups is 4. The Labute approximate surface area is 211 Å². The molecule has 0 aliphatic heterocycles. The number of hydrogen-bond donors (Lipinski definition) is 2. The maximum Gasteiger partial charge on any atom is 0.408 e. The first-order chi connectivity index (χ1) is 17.0. The zero-order chi connectivity index (χ0) is 26.3. The van der Waals surface area contributed by atoms with Crippen molar-refractivity contribution in [1.82, 2.24) is 15.5 Å². The van der Waals surface area contributed by atoms with Gasteiger partial charge in [-0.15, -0.1) is 0 Å². The molecule has 0 saturated heterocycles. The molecule has 0 atom stereocenters. The number of nitrogens with zero attached hydrogens (tertiary/aromatic N) is 1. The lowest BCUT2D eigenvalue weighted by atomic mass is 9.98. The molecule has 3 rings (SSSR count). The first-order valence-corrected chi connectivity index (χ1v) is 11.9. The molecule has 2 aromatic rings. The van der Waals surface area contributed by atoms with Crippen molar-refractivity contribution >= 4 is 23.9 Å². The zero-order valence-electron chi connectivity index (χ0n) is 21.1. The topological polar surface area (TPSA) is 114 Å². The molecular weight excluding hydrogens is 462 g/mol. The fourth-order valence-corrected chi connectivity index (χ4v) is 4.08. The van der Waals surface area contributed by atoms with Crippen LogP contribution in [0.2, 0.25) is 0 Å². The summed E-state index contributed by atoms with van der Waals surface area (Å²) in [5.41, 5.74) is 3.81. The van der Waals surface area contributed by atoms with Crippen LogP contribution in [0.4, 0.5) is 9.59 Å². The van der Waals surface area contributed by atoms with Crippen LogP contribution in [0.15, 0.2) is 48.5 Å². The van der Waals surface area contributed by atoms with E-state index in [1.807, 2.05) is 36.4 Å². The average molecular weight is 496 g/mol. The third kappa shape index (κ3) is 7.31. The Morgan fingerprint density at radius 3 is 2.03 bits per heavy atom. The fraction of sp³-hybridized carbons (Fsp3) is 0.407. The van der Waals surface area contributed by atoms with Gasteiger partial charge in [0, 0.05) is 19.0 Å². The number of rotatable bonds is 9. The Morgan fingerprint density at radius 2 is 1.47 bits per heavy atom. The van der Waals surface area contributed by atoms with Crippen LogP contribution in [0.5, 0.6) is 0 Å². The van der Waals surface area contributed by atoms with Gasteiger partial charge in [-0.25, -0.2) is 9.59 Å². The lowest BCUT2D eigenvalue weighted by molar-refractivity contribution is -0.134. The monoisotopic (exact) mass is 495 g/mol. The second-order valence-corrected chi connectivity index (χ2v) is 9.63. The Kier molecular flexibility index (Phi) is 8.68. The molecule has 0 bridgehead atoms. The van der Waals surface area contributed by atoms with Gasteiger partial charge in [0.15, 0.2) is 0 Å². The van der Waals surface area contributed by atoms with E-state index in [-0.39, 0.29) is 44.5 Å². The highest BCUT2D eigenvalue weighted by molar-refractivity contribution is 5.87. The minimum atomic E-state index is -0.726. The van der Waals surface area contributed by atoms with E-state index in [2.05, 4.69) is 22.8 Å². The van der Waals surface area contributed by atoms with Crippen molar-refractivity contribution in [2.75, 3.05) is 32.8 Å². The summed E-state index contributed by atoms with van der Waals surface area (Å²) < 4.78 is 10.6. The lowest BCUT2D eigenvalue weighted by Gasteiger charge is -2.23. The van der Waals surface area contributed by atoms with Crippen molar-refractivity contribution in [3.05, 3.63) is 59.7 Å². The van der Waals surface area contributed by atoms with Crippen LogP contribution in [0.25, 0.3) is 11.1 Å². The predicted octanol–water partition coefficient (Wildman–Crippen LogP) is 3.47. The number of fused-ring (bicyclic) bond motifs is 3. The van der Waals surface area contributed by atoms with Crippen LogP contribution >= 0.6 is 0 Å². The van der Waals surface area contributed by atoms with E-state index < -0.39 is 23.7 Å². The van der Waals surface area contributed by atoms with Crippen LogP contribution in [-0.2, 0) is 19.1 Å². The molecule has 2 N–H and O–H groups in total. The third-order valence-electron chi connectivity index (χ3n) is 5.54. The number of ether oxygens (including phenoxy) is 2. The molecule has 0 spiro atoms. The highest BCUT2D eigenvalue weighted by Gasteiger charge is 2.29. The molecule has 1 aliphatic carbocycles. The van der Waals surface area contributed by atoms with Gasteiger partial charge in [0.05, 0.1) is 6.54 Å². The van der Waals surface area contributed by atoms with Gasteiger partial charge in [0.1, 0.15) is 24.5 Å². The first kappa shape index (κ1) is 26.7. The van der Waals surface area contributed by atoms with Gasteiger partial charge in [-0.2, -0.15) is 0 Å². The molecule has 0 fully saturated rings. The van der Waals surface area contributed by atoms with E-state index in [0.29, 0.717) is 0 Å². The summed E-state index contributed by atoms with van der Waals surface area (Å²) >= 11 is 0. The summed E-state index contributed by atoms with van der Waals surface area (Å²) in [7, 11) is 0. The zero-order valence-corrected chi connectivity index (χ0v) is 21.1. The van der Waals surface area contributed by atoms with E-state index in [0.717, 1.165) is 22.3 Å². The molecule has 192 valence electrons. The summed E-state index contributed by atoms with van der Waals surface area (Å²) in [6, 6.07) is 16.1. The van der Waals surface area contributed by atoms with Crippen molar-refractivity contribution in [3.63, 3.8) is 0 Å². The van der Waals surface area contributed by atoms with Crippen LogP contribution in [0.3, 0.4) is 0 Å². The Bertz CT molecular complexity index is 1080. The van der Waals surface area contributed by atoms with Crippen LogP contribution in [0, 0.1) is 0 Å². The quantitative estimate of drug-likeness (QED) is 0.551. The lowest BCUT2D eigenvalue weighted by Crippen LogP contribution is -2.46. The molecule has 3 amide bonds. The summed E-state index contributed by atoms with van der Waals surface area (Å²) in [5, 5.41) is 5.01. The molecular formula is C27H33N3O6. The molecule has 0 heterocycles. The highest BCUT2D eigenvalue weighted by atomic mass is 16.6. The van der Waals surface area contributed by atoms with E-state index >= 15 is 0 Å². The van der Waals surface area contributed by atoms with Crippen molar-refractivity contribution in [1.29, 1.82) is 0 Å². The number of Topliss-reactive ketones (excluding diaryl/α,β-unsaturated/α-hetero) is 1. The van der Waals surface area contributed by atoms with Crippen LogP contribution < -0.4 is 10.6 Å². The van der Waals surface area contributed by atoms with Gasteiger partial charge in [0.25, 0.3) is 0 Å². The maximum atomic E-state index is 12.5. The standard InChI is InChI=1S/C27H33N3O6/c1-18(31)16-30(24(32)15-29-26(34)36-27(2,3)4)14-13-28-25(33)35-17-23-21-11-7-5-9-19(21)20-10-6-8-12-22(20)23/h5-12,23H,13-17H2,1-4H3,(H,28,33)(H,29,34). The largest absolute Gasteiger partial charge is 0.449 e. The second-order valence-electron chi connectivity index (χ2n) is 9.63. The molecule has 9 heteroatoms. The van der Waals surface area contributed by atoms with E-state index in [1.165, 1.54) is 11.8 Å². The number of amides is 3. The summed E-state index contributed by atoms with van der Waals surface area (Å²) in [6.07, 6.45) is -1.34. The normalized spacial score (nSPS) is 12.2. The minimum absolute atomic E-state index is 0.0575. The van der Waals surface area contributed by atoms with Crippen LogP contribution in [0.1, 0.15) is 44.7 Å². The van der Waals surface area contributed by atoms with Gasteiger partial charge >= 0.3 is 12.2 Å². The Balaban J connectivity index is 1.49. The van der Waals surface area contributed by atoms with E-state index in [1.54, 1.807) is 20.8 Å². The maximum absolute atomic E-state index is 12.5. The number of alkyl carbamates (subject to hydrolysis) is 2. The summed E-state index contributed by atoms with van der Waals surface area (Å²) in [4.78, 5) is 49.6. The van der Waals surface area contributed by atoms with Crippen molar-refractivity contribution in [2.24, 2.45) is 0 Å². The predicted molar refractivity (Wildman–Crippen MR) is 135 cm³/mol. The van der Waals surface area contributed by atoms with Gasteiger partial charge in [-0.3, -0.25) is 9.59 Å². The van der Waals surface area contributed by atoms with E-state index in [4.69, 9.17) is 9.47 Å². The molecule has 0 unspecified atom stereocenters. The minimum Gasteiger partial charge on any atom is -0.449 e. The first-order valence-electron chi connectivity index (χ1n) is 11.9. The second kappa shape index (κ2) is 11.7. The molecule has 2 aromatic carbocycles. The van der Waals surface area contributed by atoms with Crippen molar-refractivity contribution in [3.8, 4) is 11.1 Å². The summed E-state index contributed by atoms with van der Waals surface area (Å²) in [6.45, 7) is 6.38. The Hall–Kier alpha value is -3.88. The number of hydrogen-bond acceptors (Lipinski definition) is 6.